The molecule has 3 aromatic carbocycles. The van der Waals surface area contributed by atoms with Crippen molar-refractivity contribution in [2.45, 2.75) is 22.5 Å². The van der Waals surface area contributed by atoms with E-state index in [9.17, 15) is 0 Å². The molecule has 0 radical (unpaired) electrons. The summed E-state index contributed by atoms with van der Waals surface area (Å²) in [6.07, 6.45) is -0.00259. The summed E-state index contributed by atoms with van der Waals surface area (Å²) in [5.41, 5.74) is 3.88. The molecule has 132 valence electrons. The van der Waals surface area contributed by atoms with Crippen molar-refractivity contribution >= 4 is 21.6 Å². The van der Waals surface area contributed by atoms with Crippen LogP contribution in [0, 0.1) is 0 Å². The second kappa shape index (κ2) is 7.15. The van der Waals surface area contributed by atoms with Crippen LogP contribution >= 0.6 is 21.6 Å². The van der Waals surface area contributed by atoms with Gasteiger partial charge >= 0.3 is 0 Å². The molecule has 1 saturated heterocycles. The van der Waals surface area contributed by atoms with Crippen molar-refractivity contribution in [3.63, 3.8) is 0 Å². The van der Waals surface area contributed by atoms with Gasteiger partial charge in [0.1, 0.15) is 10.9 Å². The number of hydrogen-bond acceptors (Lipinski definition) is 3. The van der Waals surface area contributed by atoms with Gasteiger partial charge in [-0.3, -0.25) is 0 Å². The van der Waals surface area contributed by atoms with Crippen LogP contribution in [0.2, 0.25) is 0 Å². The monoisotopic (exact) mass is 378 g/mol. The van der Waals surface area contributed by atoms with Crippen LogP contribution in [-0.4, -0.2) is 13.2 Å². The molecule has 0 spiro atoms. The minimum absolute atomic E-state index is 0.00259. The largest absolute Gasteiger partial charge is 0.377 e. The van der Waals surface area contributed by atoms with E-state index in [1.54, 1.807) is 0 Å². The summed E-state index contributed by atoms with van der Waals surface area (Å²) in [6, 6.07) is 32.3. The van der Waals surface area contributed by atoms with Gasteiger partial charge in [-0.05, 0) is 23.6 Å². The Bertz CT molecular complexity index is 812. The van der Waals surface area contributed by atoms with Crippen molar-refractivity contribution in [3.8, 4) is 0 Å². The molecular weight excluding hydrogens is 356 g/mol. The van der Waals surface area contributed by atoms with Gasteiger partial charge in [0.25, 0.3) is 0 Å². The third kappa shape index (κ3) is 2.70. The summed E-state index contributed by atoms with van der Waals surface area (Å²) < 4.78 is 5.86. The fraction of sp³-hybridized carbons (Fsp3) is 0.217. The van der Waals surface area contributed by atoms with Gasteiger partial charge in [0, 0.05) is 7.11 Å². The van der Waals surface area contributed by atoms with Gasteiger partial charge in [-0.15, -0.1) is 0 Å². The van der Waals surface area contributed by atoms with Crippen molar-refractivity contribution in [2.24, 2.45) is 0 Å². The molecule has 26 heavy (non-hydrogen) atoms. The zero-order valence-electron chi connectivity index (χ0n) is 15.0. The van der Waals surface area contributed by atoms with E-state index in [1.807, 2.05) is 28.7 Å². The van der Waals surface area contributed by atoms with Crippen molar-refractivity contribution in [2.75, 3.05) is 7.11 Å². The lowest BCUT2D eigenvalue weighted by Crippen LogP contribution is -2.45. The molecule has 3 aromatic rings. The van der Waals surface area contributed by atoms with E-state index in [0.717, 1.165) is 0 Å². The summed E-state index contributed by atoms with van der Waals surface area (Å²) in [4.78, 5) is 0. The fourth-order valence-electron chi connectivity index (χ4n) is 3.92. The first-order valence-corrected chi connectivity index (χ1v) is 10.9. The van der Waals surface area contributed by atoms with Crippen LogP contribution in [0.3, 0.4) is 0 Å². The molecular formula is C23H22OS2. The van der Waals surface area contributed by atoms with Crippen LogP contribution in [0.4, 0.5) is 0 Å². The van der Waals surface area contributed by atoms with E-state index in [-0.39, 0.29) is 15.6 Å². The quantitative estimate of drug-likeness (QED) is 0.496. The van der Waals surface area contributed by atoms with Crippen LogP contribution in [0.25, 0.3) is 0 Å². The molecule has 2 atom stereocenters. The van der Waals surface area contributed by atoms with Crippen molar-refractivity contribution < 1.29 is 4.74 Å². The van der Waals surface area contributed by atoms with Gasteiger partial charge in [-0.25, -0.2) is 0 Å². The molecule has 0 amide bonds. The lowest BCUT2D eigenvalue weighted by atomic mass is 9.77. The fourth-order valence-corrected chi connectivity index (χ4v) is 8.08. The predicted molar refractivity (Wildman–Crippen MR) is 113 cm³/mol. The smallest absolute Gasteiger partial charge is 0.104 e. The van der Waals surface area contributed by atoms with E-state index >= 15 is 0 Å². The van der Waals surface area contributed by atoms with Crippen molar-refractivity contribution in [1.29, 1.82) is 0 Å². The number of benzene rings is 3. The molecule has 1 aliphatic rings. The minimum Gasteiger partial charge on any atom is -0.377 e. The molecule has 0 N–H and O–H groups in total. The second-order valence-electron chi connectivity index (χ2n) is 6.72. The Hall–Kier alpha value is -1.68. The highest BCUT2D eigenvalue weighted by molar-refractivity contribution is 8.77. The lowest BCUT2D eigenvalue weighted by Gasteiger charge is -2.39. The summed E-state index contributed by atoms with van der Waals surface area (Å²) in [7, 11) is 5.69. The van der Waals surface area contributed by atoms with Gasteiger partial charge in [0.15, 0.2) is 0 Å². The Labute approximate surface area is 163 Å². The topological polar surface area (TPSA) is 9.23 Å². The van der Waals surface area contributed by atoms with Crippen molar-refractivity contribution in [3.05, 3.63) is 108 Å². The molecule has 4 rings (SSSR count). The van der Waals surface area contributed by atoms with E-state index in [0.29, 0.717) is 0 Å². The van der Waals surface area contributed by atoms with Crippen LogP contribution in [0.5, 0.6) is 0 Å². The molecule has 0 aromatic heterocycles. The first-order valence-electron chi connectivity index (χ1n) is 8.78. The van der Waals surface area contributed by atoms with Gasteiger partial charge < -0.3 is 4.74 Å². The zero-order valence-corrected chi connectivity index (χ0v) is 16.6. The maximum atomic E-state index is 6.26. The Kier molecular flexibility index (Phi) is 4.87. The third-order valence-electron chi connectivity index (χ3n) is 5.20. The Morgan fingerprint density at radius 2 is 1.08 bits per heavy atom. The Balaban J connectivity index is 1.93. The highest BCUT2D eigenvalue weighted by Gasteiger charge is 2.59. The average Bonchev–Trinajstić information content (AvgIpc) is 3.04. The van der Waals surface area contributed by atoms with E-state index < -0.39 is 0 Å². The molecule has 1 fully saturated rings. The zero-order chi connectivity index (χ0) is 18.0. The maximum Gasteiger partial charge on any atom is 0.104 e. The maximum absolute atomic E-state index is 6.26. The molecule has 1 nitrogen and oxygen atoms in total. The van der Waals surface area contributed by atoms with Gasteiger partial charge in [0.05, 0.1) is 4.75 Å². The van der Waals surface area contributed by atoms with Crippen LogP contribution in [-0.2, 0) is 14.2 Å². The minimum atomic E-state index is -0.257. The Morgan fingerprint density at radius 3 is 1.50 bits per heavy atom. The van der Waals surface area contributed by atoms with E-state index in [2.05, 4.69) is 97.9 Å². The van der Waals surface area contributed by atoms with Gasteiger partial charge in [0.2, 0.25) is 0 Å². The highest BCUT2D eigenvalue weighted by atomic mass is 33.1. The van der Waals surface area contributed by atoms with Crippen LogP contribution < -0.4 is 0 Å². The summed E-state index contributed by atoms with van der Waals surface area (Å²) >= 11 is 0. The van der Waals surface area contributed by atoms with E-state index in [4.69, 9.17) is 4.74 Å². The normalized spacial score (nSPS) is 24.5. The number of ether oxygens (including phenoxy) is 1. The summed E-state index contributed by atoms with van der Waals surface area (Å²) in [5.74, 6) is 0. The van der Waals surface area contributed by atoms with Gasteiger partial charge in [-0.2, -0.15) is 0 Å². The van der Waals surface area contributed by atoms with Crippen LogP contribution in [0.15, 0.2) is 91.0 Å². The van der Waals surface area contributed by atoms with Crippen molar-refractivity contribution in [1.82, 2.24) is 0 Å². The molecule has 2 unspecified atom stereocenters. The Morgan fingerprint density at radius 1 is 0.654 bits per heavy atom. The predicted octanol–water partition coefficient (Wildman–Crippen LogP) is 6.26. The highest BCUT2D eigenvalue weighted by Crippen LogP contribution is 2.68. The number of methoxy groups -OCH3 is 1. The molecule has 0 aliphatic carbocycles. The third-order valence-corrected chi connectivity index (χ3v) is 9.11. The second-order valence-corrected chi connectivity index (χ2v) is 9.55. The molecule has 1 aliphatic heterocycles. The summed E-state index contributed by atoms with van der Waals surface area (Å²) in [6.45, 7) is 2.31. The molecule has 3 heteroatoms. The average molecular weight is 379 g/mol. The SMILES string of the molecule is COC1C(C)(c2ccccc2)SSC1(c1ccccc1)c1ccccc1. The first kappa shape index (κ1) is 17.7. The molecule has 0 saturated carbocycles. The number of hydrogen-bond donors (Lipinski definition) is 0. The number of rotatable bonds is 4. The molecule has 1 heterocycles. The summed E-state index contributed by atoms with van der Waals surface area (Å²) in [5, 5.41) is 0. The lowest BCUT2D eigenvalue weighted by molar-refractivity contribution is 0.0524. The first-order chi connectivity index (χ1) is 12.7. The van der Waals surface area contributed by atoms with Crippen LogP contribution in [0.1, 0.15) is 23.6 Å². The van der Waals surface area contributed by atoms with E-state index in [1.165, 1.54) is 16.7 Å². The van der Waals surface area contributed by atoms with Gasteiger partial charge in [-0.1, -0.05) is 113 Å². The standard InChI is InChI=1S/C23H22OS2/c1-22(18-12-6-3-7-13-18)21(24-2)23(26-25-22,19-14-8-4-9-15-19)20-16-10-5-11-17-20/h3-17,21H,1-2H3. The molecule has 0 bridgehead atoms.